The number of methoxy groups -OCH3 is 2. The molecule has 5 aromatic rings. The summed E-state index contributed by atoms with van der Waals surface area (Å²) in [6.45, 7) is 22.2. The van der Waals surface area contributed by atoms with Crippen LogP contribution >= 0.6 is 0 Å². The molecule has 1 aliphatic heterocycles. The molecule has 0 spiro atoms. The molecule has 0 unspecified atom stereocenters. The quantitative estimate of drug-likeness (QED) is 0.0179. The third-order valence-corrected chi connectivity index (χ3v) is 25.6. The number of likely N-dealkylation sites (N-methyl/N-ethyl adjacent to an activating group) is 2. The summed E-state index contributed by atoms with van der Waals surface area (Å²) in [5, 5.41) is 19.2. The Hall–Kier alpha value is -9.02. The van der Waals surface area contributed by atoms with Crippen LogP contribution in [-0.2, 0) is 69.3 Å². The highest BCUT2D eigenvalue weighted by Crippen LogP contribution is 2.35. The van der Waals surface area contributed by atoms with E-state index in [9.17, 15) is 69.9 Å². The minimum Gasteiger partial charge on any atom is -0.445 e. The van der Waals surface area contributed by atoms with Crippen LogP contribution in [0.4, 0.5) is 15.3 Å². The van der Waals surface area contributed by atoms with Gasteiger partial charge in [0.25, 0.3) is 5.91 Å². The summed E-state index contributed by atoms with van der Waals surface area (Å²) in [4.78, 5) is 145. The van der Waals surface area contributed by atoms with Crippen molar-refractivity contribution in [3.8, 4) is 0 Å². The summed E-state index contributed by atoms with van der Waals surface area (Å²) in [6, 6.07) is 28.8. The summed E-state index contributed by atoms with van der Waals surface area (Å²) >= 11 is 0. The van der Waals surface area contributed by atoms with E-state index in [2.05, 4.69) is 16.0 Å². The standard InChI is InChI=1S/C86H119N7O18S2/c1-17-57(10)78(74(109-15)48-75(97)93-44-22-26-70(93)81(110-16)59(12)71(94)45-58(11)79(98)61-23-19-18-20-24-61)91(13)84(102)69(52(2)3)47-73(96)77(54(6)7)92(14)86(104)111-49-60-31-37-66(38-32-60)89-83(101)64(25-21-43-88-85(87)103)46-72(95)76(53(4)5)90-82(100)63-35-33-62(34-36-63)80(99)65(50-112(105,106)67-39-27-55(8)28-40-67)51-113(107,108)68-41-29-56(9)30-42-68/h18-20,23-24,27-42,52-54,57-59,64-65,69-70,74,76-79,81,98H,17,21-22,25-26,43-51H2,1-16H3,(H,89,101)(H,90,100)(H3,87,88,103)/t57-,58-,59-,64+,69-,70-,74+,76-,77-,78-,79+,81+/m0/s1. The van der Waals surface area contributed by atoms with Crippen molar-refractivity contribution in [2.75, 3.05) is 58.2 Å². The van der Waals surface area contributed by atoms with Crippen molar-refractivity contribution in [2.45, 2.75) is 200 Å². The number of nitrogens with zero attached hydrogens (tertiary/aromatic N) is 3. The molecule has 25 nitrogen and oxygen atoms in total. The van der Waals surface area contributed by atoms with Crippen LogP contribution in [0.5, 0.6) is 0 Å². The summed E-state index contributed by atoms with van der Waals surface area (Å²) in [7, 11) is -2.20. The zero-order chi connectivity index (χ0) is 83.9. The number of nitrogens with one attached hydrogen (secondary N) is 3. The predicted octanol–water partition coefficient (Wildman–Crippen LogP) is 11.5. The minimum absolute atomic E-state index is 0.0164. The van der Waals surface area contributed by atoms with Gasteiger partial charge in [-0.05, 0) is 129 Å². The van der Waals surface area contributed by atoms with Crippen LogP contribution in [0.15, 0.2) is 137 Å². The molecule has 12 atom stereocenters. The lowest BCUT2D eigenvalue weighted by Gasteiger charge is -2.41. The van der Waals surface area contributed by atoms with Crippen molar-refractivity contribution >= 4 is 84.2 Å². The number of carbonyl (C=O) groups is 10. The molecule has 0 saturated carbocycles. The summed E-state index contributed by atoms with van der Waals surface area (Å²) < 4.78 is 73.0. The van der Waals surface area contributed by atoms with Crippen LogP contribution in [0.3, 0.4) is 0 Å². The number of ether oxygens (including phenoxy) is 3. The van der Waals surface area contributed by atoms with Gasteiger partial charge in [-0.15, -0.1) is 0 Å². The van der Waals surface area contributed by atoms with Gasteiger partial charge >= 0.3 is 12.1 Å². The molecule has 618 valence electrons. The SMILES string of the molecule is CC[C@H](C)[C@@H]([C@@H](CC(=O)N1CCC[C@H]1[C@H](OC)[C@@H](C)C(=O)C[C@H](C)[C@@H](O)c1ccccc1)OC)N(C)C(=O)[C@@H](CC(=O)[C@H](C(C)C)N(C)C(=O)OCc1ccc(NC(=O)[C@H](CCCNC(N)=O)CC(=O)[C@@H](NC(=O)c2ccc(C(=O)C(CS(=O)(=O)c3ccc(C)cc3)CS(=O)(=O)c3ccc(C)cc3)cc2)C(C)C)cc1)C(C)C. The van der Waals surface area contributed by atoms with E-state index in [1.165, 1.54) is 67.6 Å². The number of amides is 7. The predicted molar refractivity (Wildman–Crippen MR) is 433 cm³/mol. The fraction of sp³-hybridized carbons (Fsp3) is 0.535. The second-order valence-electron chi connectivity index (χ2n) is 31.5. The maximum Gasteiger partial charge on any atom is 0.410 e. The smallest absolute Gasteiger partial charge is 0.410 e. The van der Waals surface area contributed by atoms with E-state index >= 15 is 0 Å². The number of benzene rings is 5. The minimum atomic E-state index is -4.19. The molecule has 1 fully saturated rings. The van der Waals surface area contributed by atoms with E-state index in [0.29, 0.717) is 37.1 Å². The Labute approximate surface area is 667 Å². The van der Waals surface area contributed by atoms with E-state index in [1.807, 2.05) is 71.9 Å². The highest BCUT2D eigenvalue weighted by atomic mass is 32.2. The van der Waals surface area contributed by atoms with Crippen molar-refractivity contribution in [3.05, 3.63) is 161 Å². The molecule has 1 aliphatic rings. The Morgan fingerprint density at radius 1 is 0.628 bits per heavy atom. The lowest BCUT2D eigenvalue weighted by molar-refractivity contribution is -0.149. The van der Waals surface area contributed by atoms with Gasteiger partial charge in [-0.3, -0.25) is 38.4 Å². The molecule has 6 rings (SSSR count). The number of rotatable bonds is 44. The van der Waals surface area contributed by atoms with Gasteiger partial charge in [0.15, 0.2) is 37.0 Å². The molecule has 113 heavy (non-hydrogen) atoms. The first-order chi connectivity index (χ1) is 53.2. The number of hydrogen-bond acceptors (Lipinski definition) is 18. The zero-order valence-electron chi connectivity index (χ0n) is 68.4. The number of aliphatic hydroxyl groups is 1. The first-order valence-corrected chi connectivity index (χ1v) is 42.4. The maximum atomic E-state index is 15.0. The number of aryl methyl sites for hydroxylation is 2. The first kappa shape index (κ1) is 92.8. The van der Waals surface area contributed by atoms with Gasteiger partial charge in [-0.1, -0.05) is 166 Å². The molecule has 0 aromatic heterocycles. The van der Waals surface area contributed by atoms with Crippen LogP contribution < -0.4 is 21.7 Å². The van der Waals surface area contributed by atoms with Crippen molar-refractivity contribution < 1.29 is 84.1 Å². The highest BCUT2D eigenvalue weighted by molar-refractivity contribution is 7.92. The van der Waals surface area contributed by atoms with Crippen LogP contribution in [0, 0.1) is 67.1 Å². The molecular weight excluding hydrogens is 1480 g/mol. The van der Waals surface area contributed by atoms with E-state index in [1.54, 1.807) is 114 Å². The number of likely N-dealkylation sites (tertiary alicyclic amines) is 1. The van der Waals surface area contributed by atoms with Gasteiger partial charge in [0.05, 0.1) is 76.1 Å². The summed E-state index contributed by atoms with van der Waals surface area (Å²) in [6.07, 6.45) is -1.27. The molecule has 6 N–H and O–H groups in total. The molecule has 7 amide bonds. The van der Waals surface area contributed by atoms with E-state index in [-0.39, 0.29) is 114 Å². The van der Waals surface area contributed by atoms with Crippen molar-refractivity contribution in [1.82, 2.24) is 25.3 Å². The molecule has 0 bridgehead atoms. The fourth-order valence-corrected chi connectivity index (χ4v) is 18.2. The van der Waals surface area contributed by atoms with Gasteiger partial charge in [0.1, 0.15) is 12.4 Å². The number of sulfone groups is 2. The molecule has 0 aliphatic carbocycles. The van der Waals surface area contributed by atoms with Gasteiger partial charge in [-0.25, -0.2) is 26.4 Å². The lowest BCUT2D eigenvalue weighted by atomic mass is 9.83. The molecule has 0 radical (unpaired) electrons. The topological polar surface area (TPSA) is 359 Å². The third kappa shape index (κ3) is 26.0. The molecule has 1 heterocycles. The number of nitrogens with two attached hydrogens (primary N) is 1. The maximum absolute atomic E-state index is 15.0. The Kier molecular flexibility index (Phi) is 35.3. The average Bonchev–Trinajstić information content (AvgIpc) is 1.66. The largest absolute Gasteiger partial charge is 0.445 e. The third-order valence-electron chi connectivity index (χ3n) is 21.9. The summed E-state index contributed by atoms with van der Waals surface area (Å²) in [5.74, 6) is -10.9. The number of urea groups is 1. The van der Waals surface area contributed by atoms with Crippen LogP contribution in [0.1, 0.15) is 176 Å². The number of anilines is 1. The number of primary amides is 1. The normalized spacial score (nSPS) is 16.2. The second-order valence-corrected chi connectivity index (χ2v) is 35.5. The fourth-order valence-electron chi connectivity index (χ4n) is 15.0. The summed E-state index contributed by atoms with van der Waals surface area (Å²) in [5.41, 5.74) is 8.42. The van der Waals surface area contributed by atoms with Crippen LogP contribution in [0.25, 0.3) is 0 Å². The zero-order valence-corrected chi connectivity index (χ0v) is 70.0. The van der Waals surface area contributed by atoms with Gasteiger partial charge in [-0.2, -0.15) is 0 Å². The van der Waals surface area contributed by atoms with Crippen molar-refractivity contribution in [1.29, 1.82) is 0 Å². The number of ketones is 4. The second kappa shape index (κ2) is 42.9. The average molecular weight is 1600 g/mol. The molecule has 27 heteroatoms. The van der Waals surface area contributed by atoms with E-state index < -0.39 is 145 Å². The highest BCUT2D eigenvalue weighted by Gasteiger charge is 2.45. The monoisotopic (exact) mass is 1600 g/mol. The van der Waals surface area contributed by atoms with Crippen LogP contribution in [0.2, 0.25) is 0 Å². The number of carbonyl (C=O) groups excluding carboxylic acids is 10. The molecular formula is C86H119N7O18S2. The first-order valence-electron chi connectivity index (χ1n) is 39.0. The Bertz CT molecular complexity index is 4200. The van der Waals surface area contributed by atoms with Crippen molar-refractivity contribution in [2.24, 2.45) is 59.0 Å². The lowest BCUT2D eigenvalue weighted by Crippen LogP contribution is -2.54. The van der Waals surface area contributed by atoms with E-state index in [4.69, 9.17) is 19.9 Å². The molecule has 5 aromatic carbocycles. The van der Waals surface area contributed by atoms with Gasteiger partial charge in [0.2, 0.25) is 17.7 Å². The number of aliphatic hydroxyl groups excluding tert-OH is 1. The molecule has 1 saturated heterocycles. The van der Waals surface area contributed by atoms with E-state index in [0.717, 1.165) is 16.7 Å². The Morgan fingerprint density at radius 3 is 1.71 bits per heavy atom. The van der Waals surface area contributed by atoms with Gasteiger partial charge in [0, 0.05) is 95.2 Å². The number of hydrogen-bond donors (Lipinski definition) is 5. The van der Waals surface area contributed by atoms with Gasteiger partial charge < -0.3 is 55.7 Å². The Morgan fingerprint density at radius 2 is 1.19 bits per heavy atom. The Balaban J connectivity index is 1.07. The van der Waals surface area contributed by atoms with Crippen molar-refractivity contribution in [3.63, 3.8) is 0 Å². The number of Topliss-reactive ketones (excluding diaryl/α,β-unsaturated/α-hetero) is 4. The van der Waals surface area contributed by atoms with Crippen LogP contribution in [-0.4, -0.2) is 185 Å².